The third kappa shape index (κ3) is 107. The second-order valence-corrected chi connectivity index (χ2v) is 13.7. The van der Waals surface area contributed by atoms with Crippen molar-refractivity contribution in [3.05, 3.63) is 60.7 Å². The third-order valence-electron chi connectivity index (χ3n) is 7.11. The maximum atomic E-state index is 9.56. The summed E-state index contributed by atoms with van der Waals surface area (Å²) in [6, 6.07) is 9.19. The Morgan fingerprint density at radius 2 is 1.06 bits per heavy atom. The average molecular weight is 884 g/mol. The summed E-state index contributed by atoms with van der Waals surface area (Å²) in [6.07, 6.45) is 54.5. The van der Waals surface area contributed by atoms with Crippen LogP contribution < -0.4 is 5.32 Å². The number of hydrogen-bond donors (Lipinski definition) is 2. The molecule has 2 N–H and O–H groups in total. The number of ether oxygens (including phenoxy) is 3. The van der Waals surface area contributed by atoms with Gasteiger partial charge in [0.25, 0.3) is 0 Å². The molecular formula is C59H97NO4. The number of aliphatic hydroxyl groups is 1. The van der Waals surface area contributed by atoms with Crippen molar-refractivity contribution in [3.8, 4) is 86.4 Å². The molecule has 0 radical (unpaired) electrons. The molecule has 5 nitrogen and oxygen atoms in total. The minimum Gasteiger partial charge on any atom is -0.380 e. The molecule has 5 heteroatoms. The Morgan fingerprint density at radius 1 is 0.625 bits per heavy atom. The zero-order valence-corrected chi connectivity index (χ0v) is 43.1. The number of benzene rings is 1. The molecule has 362 valence electrons. The maximum absolute atomic E-state index is 9.56. The van der Waals surface area contributed by atoms with Gasteiger partial charge >= 0.3 is 0 Å². The summed E-state index contributed by atoms with van der Waals surface area (Å²) in [5, 5.41) is 12.7. The van der Waals surface area contributed by atoms with Crippen LogP contribution in [0.4, 0.5) is 0 Å². The Balaban J connectivity index is -0.0000000939. The summed E-state index contributed by atoms with van der Waals surface area (Å²) in [7, 11) is 0. The Morgan fingerprint density at radius 3 is 1.38 bits per heavy atom. The van der Waals surface area contributed by atoms with Gasteiger partial charge in [0.05, 0.1) is 13.2 Å². The van der Waals surface area contributed by atoms with Crippen LogP contribution >= 0.6 is 0 Å². The first kappa shape index (κ1) is 76.7. The Labute approximate surface area is 400 Å². The molecule has 0 saturated heterocycles. The van der Waals surface area contributed by atoms with E-state index in [-0.39, 0.29) is 0 Å². The van der Waals surface area contributed by atoms with Crippen molar-refractivity contribution in [2.75, 3.05) is 52.7 Å². The fourth-order valence-electron chi connectivity index (χ4n) is 3.39. The predicted octanol–water partition coefficient (Wildman–Crippen LogP) is 14.0. The standard InChI is InChI=1S/C10H10O.C9H16O.C8H14O.C7H13N.C7H12O.C6H12.C4H8.2C4H6/c1-3-10(2,11)9-7-5-4-6-8-9;1-3-5-7-9-10-8-6-4-2;1-3-5-6-8-9-7-4-2;2*1-3-5-7-8-6-4-2;1-4-5-6(2)3;3*1-3-4-2/h1,4-8,11H,2H3;2H,3,5-9H2,1H3;2H,3,5-8H2,1H3;2,8H,3,5-7H2,1H3;2H,3,5-7H2,1H3;2,4-5H2,1,3H3;3H,1,4H2,2H3;2*1H,4H2,2H3. The van der Waals surface area contributed by atoms with E-state index in [1.54, 1.807) is 19.1 Å². The lowest BCUT2D eigenvalue weighted by atomic mass is 9.97. The fourth-order valence-corrected chi connectivity index (χ4v) is 3.39. The van der Waals surface area contributed by atoms with Gasteiger partial charge in [-0.1, -0.05) is 166 Å². The molecule has 0 fully saturated rings. The average Bonchev–Trinajstić information content (AvgIpc) is 3.32. The number of rotatable bonds is 23. The number of nitrogens with one attached hydrogen (secondary N) is 1. The highest BCUT2D eigenvalue weighted by atomic mass is 16.5. The molecule has 0 aliphatic rings. The third-order valence-corrected chi connectivity index (χ3v) is 7.11. The maximum Gasteiger partial charge on any atom is 0.147 e. The number of terminal acetylenes is 7. The summed E-state index contributed by atoms with van der Waals surface area (Å²) in [5.41, 5.74) is 0.904. The molecule has 1 aromatic carbocycles. The fraction of sp³-hybridized carbons (Fsp3) is 0.593. The van der Waals surface area contributed by atoms with Gasteiger partial charge in [-0.2, -0.15) is 0 Å². The second-order valence-electron chi connectivity index (χ2n) is 13.7. The topological polar surface area (TPSA) is 60.0 Å². The van der Waals surface area contributed by atoms with Gasteiger partial charge in [-0.3, -0.25) is 0 Å². The van der Waals surface area contributed by atoms with Crippen LogP contribution in [-0.2, 0) is 19.8 Å². The van der Waals surface area contributed by atoms with Gasteiger partial charge in [0.15, 0.2) is 0 Å². The van der Waals surface area contributed by atoms with Crippen LogP contribution in [0, 0.1) is 86.4 Å². The minimum atomic E-state index is -1.14. The molecule has 0 heterocycles. The zero-order valence-electron chi connectivity index (χ0n) is 43.1. The molecule has 1 unspecified atom stereocenters. The molecule has 0 aliphatic carbocycles. The summed E-state index contributed by atoms with van der Waals surface area (Å²) in [5.74, 6) is 17.1. The smallest absolute Gasteiger partial charge is 0.147 e. The molecule has 1 rings (SSSR count). The molecule has 0 aliphatic heterocycles. The van der Waals surface area contributed by atoms with E-state index in [0.29, 0.717) is 19.8 Å². The SMILES string of the molecule is C#CC(C)(O)c1ccccc1.C#CCC.C#CCC.C#CCCOCCCCC.C#CCNCCCC.C#CCOCCCC.C#CCOCCCCC.C=C(C)CCC.C=CCC. The molecule has 0 saturated carbocycles. The lowest BCUT2D eigenvalue weighted by Crippen LogP contribution is -2.17. The first-order valence-corrected chi connectivity index (χ1v) is 23.4. The predicted molar refractivity (Wildman–Crippen MR) is 287 cm³/mol. The van der Waals surface area contributed by atoms with Crippen LogP contribution in [0.5, 0.6) is 0 Å². The summed E-state index contributed by atoms with van der Waals surface area (Å²) in [6.45, 7) is 33.5. The Bertz CT molecular complexity index is 1280. The van der Waals surface area contributed by atoms with Gasteiger partial charge in [-0.05, 0) is 64.5 Å². The normalized spacial score (nSPS) is 9.19. The van der Waals surface area contributed by atoms with E-state index in [4.69, 9.17) is 59.2 Å². The monoisotopic (exact) mass is 884 g/mol. The molecule has 0 bridgehead atoms. The largest absolute Gasteiger partial charge is 0.380 e. The summed E-state index contributed by atoms with van der Waals surface area (Å²) < 4.78 is 15.3. The van der Waals surface area contributed by atoms with E-state index in [2.05, 4.69) is 108 Å². The lowest BCUT2D eigenvalue weighted by molar-refractivity contribution is 0.122. The van der Waals surface area contributed by atoms with Crippen molar-refractivity contribution in [1.82, 2.24) is 5.32 Å². The number of hydrogen-bond acceptors (Lipinski definition) is 5. The van der Waals surface area contributed by atoms with Crippen molar-refractivity contribution >= 4 is 0 Å². The summed E-state index contributed by atoms with van der Waals surface area (Å²) in [4.78, 5) is 0. The van der Waals surface area contributed by atoms with Crippen molar-refractivity contribution in [1.29, 1.82) is 0 Å². The van der Waals surface area contributed by atoms with E-state index in [1.165, 1.54) is 69.8 Å². The van der Waals surface area contributed by atoms with Gasteiger partial charge in [0.2, 0.25) is 0 Å². The zero-order chi connectivity index (χ0) is 50.6. The van der Waals surface area contributed by atoms with Crippen molar-refractivity contribution in [3.63, 3.8) is 0 Å². The van der Waals surface area contributed by atoms with Gasteiger partial charge in [0.1, 0.15) is 18.8 Å². The first-order valence-electron chi connectivity index (χ1n) is 23.4. The van der Waals surface area contributed by atoms with Crippen molar-refractivity contribution < 1.29 is 19.3 Å². The quantitative estimate of drug-likeness (QED) is 0.0651. The molecule has 1 atom stereocenters. The van der Waals surface area contributed by atoms with Crippen LogP contribution in [0.1, 0.15) is 178 Å². The highest BCUT2D eigenvalue weighted by Gasteiger charge is 2.17. The molecule has 0 spiro atoms. The van der Waals surface area contributed by atoms with E-state index in [0.717, 1.165) is 77.1 Å². The first-order chi connectivity index (χ1) is 30.8. The highest BCUT2D eigenvalue weighted by molar-refractivity contribution is 5.28. The Hall–Kier alpha value is -4.58. The van der Waals surface area contributed by atoms with Crippen LogP contribution in [0.2, 0.25) is 0 Å². The van der Waals surface area contributed by atoms with Gasteiger partial charge in [-0.25, -0.2) is 0 Å². The lowest BCUT2D eigenvalue weighted by Gasteiger charge is -2.15. The van der Waals surface area contributed by atoms with E-state index >= 15 is 0 Å². The minimum absolute atomic E-state index is 0.458. The van der Waals surface area contributed by atoms with Crippen molar-refractivity contribution in [2.45, 2.75) is 178 Å². The van der Waals surface area contributed by atoms with E-state index < -0.39 is 5.60 Å². The molecule has 64 heavy (non-hydrogen) atoms. The van der Waals surface area contributed by atoms with Gasteiger partial charge < -0.3 is 24.6 Å². The van der Waals surface area contributed by atoms with Crippen LogP contribution in [0.15, 0.2) is 55.1 Å². The van der Waals surface area contributed by atoms with Gasteiger partial charge in [-0.15, -0.1) is 75.9 Å². The molecule has 1 aromatic rings. The van der Waals surface area contributed by atoms with E-state index in [1.807, 2.05) is 38.1 Å². The van der Waals surface area contributed by atoms with Gasteiger partial charge in [0, 0.05) is 39.1 Å². The van der Waals surface area contributed by atoms with Crippen LogP contribution in [0.25, 0.3) is 0 Å². The Kier molecular flexibility index (Phi) is 98.5. The van der Waals surface area contributed by atoms with Crippen LogP contribution in [-0.4, -0.2) is 57.8 Å². The molecule has 0 amide bonds. The molecule has 0 aromatic heterocycles. The van der Waals surface area contributed by atoms with E-state index in [9.17, 15) is 5.11 Å². The van der Waals surface area contributed by atoms with Crippen LogP contribution in [0.3, 0.4) is 0 Å². The van der Waals surface area contributed by atoms with Crippen molar-refractivity contribution in [2.24, 2.45) is 0 Å². The molecular weight excluding hydrogens is 787 g/mol. The highest BCUT2D eigenvalue weighted by Crippen LogP contribution is 2.18. The second kappa shape index (κ2) is 82.2. The number of unbranched alkanes of at least 4 members (excludes halogenated alkanes) is 6. The summed E-state index contributed by atoms with van der Waals surface area (Å²) >= 11 is 0. The number of allylic oxidation sites excluding steroid dienone is 2.